The maximum Gasteiger partial charge on any atom is 0.261 e. The van der Waals surface area contributed by atoms with Gasteiger partial charge in [0, 0.05) is 18.1 Å². The van der Waals surface area contributed by atoms with E-state index in [0.29, 0.717) is 11.3 Å². The Morgan fingerprint density at radius 2 is 1.86 bits per heavy atom. The van der Waals surface area contributed by atoms with Gasteiger partial charge in [-0.05, 0) is 52.6 Å². The van der Waals surface area contributed by atoms with Crippen LogP contribution in [0.5, 0.6) is 5.75 Å². The molecule has 29 heavy (non-hydrogen) atoms. The maximum absolute atomic E-state index is 13.2. The van der Waals surface area contributed by atoms with Crippen LogP contribution in [0, 0.1) is 0 Å². The van der Waals surface area contributed by atoms with Crippen LogP contribution >= 0.6 is 11.3 Å². The van der Waals surface area contributed by atoms with Crippen molar-refractivity contribution in [2.24, 2.45) is 0 Å². The number of rotatable bonds is 7. The predicted octanol–water partition coefficient (Wildman–Crippen LogP) is 4.09. The molecule has 0 aliphatic heterocycles. The fraction of sp³-hybridized carbons (Fsp3) is 0.130. The first-order valence-electron chi connectivity index (χ1n) is 9.30. The number of nitrogens with one attached hydrogen (secondary N) is 2. The van der Waals surface area contributed by atoms with E-state index in [2.05, 4.69) is 10.3 Å². The second-order valence-electron chi connectivity index (χ2n) is 6.88. The van der Waals surface area contributed by atoms with Gasteiger partial charge >= 0.3 is 0 Å². The van der Waals surface area contributed by atoms with Crippen molar-refractivity contribution in [1.29, 1.82) is 0 Å². The van der Waals surface area contributed by atoms with Crippen LogP contribution in [-0.2, 0) is 17.6 Å². The standard InChI is InChI=1S/C23H20N2O3S/c26-18-8-6-15(7-9-18)13-19(25-23(28)21-5-2-12-29-21)20(27)14-17-4-1-3-16-10-11-24-22(16)17/h1-12,19,24,26H,13-14H2,(H,25,28). The number of carbonyl (C=O) groups excluding carboxylic acids is 2. The minimum Gasteiger partial charge on any atom is -0.508 e. The number of para-hydroxylation sites is 1. The number of phenolic OH excluding ortho intramolecular Hbond substituents is 1. The Balaban J connectivity index is 1.57. The number of ketones is 1. The molecule has 0 radical (unpaired) electrons. The predicted molar refractivity (Wildman–Crippen MR) is 114 cm³/mol. The topological polar surface area (TPSA) is 82.2 Å². The Bertz CT molecular complexity index is 1130. The highest BCUT2D eigenvalue weighted by atomic mass is 32.1. The van der Waals surface area contributed by atoms with E-state index in [-0.39, 0.29) is 23.9 Å². The average molecular weight is 404 g/mol. The number of thiophene rings is 1. The molecule has 0 saturated heterocycles. The minimum atomic E-state index is -0.667. The number of amides is 1. The third kappa shape index (κ3) is 4.38. The number of Topliss-reactive ketones (excluding diaryl/α,β-unsaturated/α-hetero) is 1. The Kier molecular flexibility index (Phi) is 5.44. The maximum atomic E-state index is 13.2. The molecule has 1 unspecified atom stereocenters. The first-order valence-corrected chi connectivity index (χ1v) is 10.2. The van der Waals surface area contributed by atoms with Crippen molar-refractivity contribution >= 4 is 33.9 Å². The lowest BCUT2D eigenvalue weighted by molar-refractivity contribution is -0.120. The molecule has 5 nitrogen and oxygen atoms in total. The van der Waals surface area contributed by atoms with Crippen LogP contribution in [0.4, 0.5) is 0 Å². The van der Waals surface area contributed by atoms with Crippen molar-refractivity contribution in [3.8, 4) is 5.75 Å². The number of hydrogen-bond donors (Lipinski definition) is 3. The Morgan fingerprint density at radius 1 is 1.03 bits per heavy atom. The summed E-state index contributed by atoms with van der Waals surface area (Å²) in [4.78, 5) is 29.5. The summed E-state index contributed by atoms with van der Waals surface area (Å²) in [6, 6.07) is 17.4. The first-order chi connectivity index (χ1) is 14.1. The first kappa shape index (κ1) is 19.0. The van der Waals surface area contributed by atoms with Gasteiger partial charge in [0.2, 0.25) is 0 Å². The molecule has 2 aromatic heterocycles. The van der Waals surface area contributed by atoms with Crippen LogP contribution in [0.2, 0.25) is 0 Å². The number of H-pyrrole nitrogens is 1. The van der Waals surface area contributed by atoms with Gasteiger partial charge in [-0.15, -0.1) is 11.3 Å². The van der Waals surface area contributed by atoms with E-state index in [0.717, 1.165) is 22.0 Å². The monoisotopic (exact) mass is 404 g/mol. The zero-order chi connectivity index (χ0) is 20.2. The fourth-order valence-corrected chi connectivity index (χ4v) is 3.98. The summed E-state index contributed by atoms with van der Waals surface area (Å²) in [5.41, 5.74) is 2.71. The molecule has 4 aromatic rings. The van der Waals surface area contributed by atoms with E-state index in [1.165, 1.54) is 11.3 Å². The van der Waals surface area contributed by atoms with E-state index in [4.69, 9.17) is 0 Å². The number of aromatic amines is 1. The zero-order valence-electron chi connectivity index (χ0n) is 15.6. The van der Waals surface area contributed by atoms with Crippen LogP contribution in [0.3, 0.4) is 0 Å². The molecule has 1 amide bonds. The van der Waals surface area contributed by atoms with Gasteiger partial charge in [-0.1, -0.05) is 36.4 Å². The summed E-state index contributed by atoms with van der Waals surface area (Å²) in [6.07, 6.45) is 2.42. The number of benzene rings is 2. The Morgan fingerprint density at radius 3 is 2.62 bits per heavy atom. The zero-order valence-corrected chi connectivity index (χ0v) is 16.4. The lowest BCUT2D eigenvalue weighted by atomic mass is 9.96. The van der Waals surface area contributed by atoms with Crippen molar-refractivity contribution in [3.05, 3.63) is 88.2 Å². The van der Waals surface area contributed by atoms with Gasteiger partial charge in [-0.3, -0.25) is 9.59 Å². The highest BCUT2D eigenvalue weighted by molar-refractivity contribution is 7.12. The molecular weight excluding hydrogens is 384 g/mol. The summed E-state index contributed by atoms with van der Waals surface area (Å²) in [5.74, 6) is -0.155. The van der Waals surface area contributed by atoms with Gasteiger partial charge in [0.25, 0.3) is 5.91 Å². The number of phenols is 1. The molecule has 0 bridgehead atoms. The van der Waals surface area contributed by atoms with Crippen LogP contribution in [0.1, 0.15) is 20.8 Å². The largest absolute Gasteiger partial charge is 0.508 e. The molecular formula is C23H20N2O3S. The molecule has 146 valence electrons. The van der Waals surface area contributed by atoms with Crippen molar-refractivity contribution < 1.29 is 14.7 Å². The van der Waals surface area contributed by atoms with Crippen LogP contribution in [0.25, 0.3) is 10.9 Å². The second-order valence-corrected chi connectivity index (χ2v) is 7.82. The lowest BCUT2D eigenvalue weighted by Gasteiger charge is -2.18. The molecule has 0 aliphatic carbocycles. The van der Waals surface area contributed by atoms with Crippen LogP contribution in [-0.4, -0.2) is 27.8 Å². The fourth-order valence-electron chi connectivity index (χ4n) is 3.36. The molecule has 0 spiro atoms. The number of aromatic hydroxyl groups is 1. The quantitative estimate of drug-likeness (QED) is 0.434. The summed E-state index contributed by atoms with van der Waals surface area (Å²) in [6.45, 7) is 0. The molecule has 2 heterocycles. The van der Waals surface area contributed by atoms with Gasteiger partial charge < -0.3 is 15.4 Å². The molecule has 3 N–H and O–H groups in total. The molecule has 0 fully saturated rings. The van der Waals surface area contributed by atoms with Crippen LogP contribution < -0.4 is 5.32 Å². The number of fused-ring (bicyclic) bond motifs is 1. The van der Waals surface area contributed by atoms with E-state index in [1.807, 2.05) is 41.9 Å². The second kappa shape index (κ2) is 8.32. The molecule has 2 aromatic carbocycles. The van der Waals surface area contributed by atoms with E-state index < -0.39 is 6.04 Å². The summed E-state index contributed by atoms with van der Waals surface area (Å²) in [7, 11) is 0. The van der Waals surface area contributed by atoms with Crippen molar-refractivity contribution in [1.82, 2.24) is 10.3 Å². The molecule has 0 saturated carbocycles. The SMILES string of the molecule is O=C(NC(Cc1ccc(O)cc1)C(=O)Cc1cccc2cc[nH]c12)c1cccs1. The number of carbonyl (C=O) groups is 2. The molecule has 4 rings (SSSR count). The van der Waals surface area contributed by atoms with Crippen molar-refractivity contribution in [3.63, 3.8) is 0 Å². The summed E-state index contributed by atoms with van der Waals surface area (Å²) >= 11 is 1.34. The normalized spacial score (nSPS) is 12.0. The van der Waals surface area contributed by atoms with E-state index >= 15 is 0 Å². The van der Waals surface area contributed by atoms with Gasteiger partial charge in [-0.25, -0.2) is 0 Å². The Hall–Kier alpha value is -3.38. The Labute approximate surface area is 172 Å². The average Bonchev–Trinajstić information content (AvgIpc) is 3.41. The molecule has 0 aliphatic rings. The molecule has 1 atom stereocenters. The summed E-state index contributed by atoms with van der Waals surface area (Å²) in [5, 5.41) is 15.3. The van der Waals surface area contributed by atoms with Crippen LogP contribution in [0.15, 0.2) is 72.2 Å². The lowest BCUT2D eigenvalue weighted by Crippen LogP contribution is -2.43. The third-order valence-corrected chi connectivity index (χ3v) is 5.72. The highest BCUT2D eigenvalue weighted by Gasteiger charge is 2.23. The van der Waals surface area contributed by atoms with Crippen molar-refractivity contribution in [2.45, 2.75) is 18.9 Å². The van der Waals surface area contributed by atoms with Gasteiger partial charge in [0.1, 0.15) is 5.75 Å². The van der Waals surface area contributed by atoms with Crippen molar-refractivity contribution in [2.75, 3.05) is 0 Å². The number of hydrogen-bond acceptors (Lipinski definition) is 4. The molecule has 6 heteroatoms. The number of aromatic nitrogens is 1. The van der Waals surface area contributed by atoms with E-state index in [9.17, 15) is 14.7 Å². The van der Waals surface area contributed by atoms with E-state index in [1.54, 1.807) is 30.3 Å². The van der Waals surface area contributed by atoms with Gasteiger partial charge in [0.15, 0.2) is 5.78 Å². The summed E-state index contributed by atoms with van der Waals surface area (Å²) < 4.78 is 0. The highest BCUT2D eigenvalue weighted by Crippen LogP contribution is 2.19. The van der Waals surface area contributed by atoms with Gasteiger partial charge in [0.05, 0.1) is 10.9 Å². The van der Waals surface area contributed by atoms with Gasteiger partial charge in [-0.2, -0.15) is 0 Å². The third-order valence-electron chi connectivity index (χ3n) is 4.85. The smallest absolute Gasteiger partial charge is 0.261 e. The minimum absolute atomic E-state index is 0.0647.